The van der Waals surface area contributed by atoms with E-state index in [4.69, 9.17) is 15.0 Å². The summed E-state index contributed by atoms with van der Waals surface area (Å²) in [6.45, 7) is 5.88. The minimum atomic E-state index is -0.164. The molecule has 10 heteroatoms. The summed E-state index contributed by atoms with van der Waals surface area (Å²) in [4.78, 5) is 30.1. The molecule has 0 aliphatic carbocycles. The molecule has 1 aliphatic heterocycles. The molecule has 0 spiro atoms. The lowest BCUT2D eigenvalue weighted by atomic mass is 10.1. The number of aromatic nitrogens is 2. The van der Waals surface area contributed by atoms with Gasteiger partial charge in [-0.05, 0) is 51.1 Å². The standard InChI is InChI=1S/C20H24N6O3S/c1-2-22-18(27)15-12-13-16(23-20(21)24-19(13)30-15)17(14-6-5-10-28-14)25-29-11-9-26-7-3-4-8-26/h5-6,10,12H,2-4,7-9,11H2,1H3,(H,22,27)(H2,21,23,24). The average Bonchev–Trinajstić information content (AvgIpc) is 3.49. The molecule has 1 aliphatic rings. The predicted octanol–water partition coefficient (Wildman–Crippen LogP) is 2.48. The number of oxime groups is 1. The lowest BCUT2D eigenvalue weighted by molar-refractivity contribution is 0.0960. The van der Waals surface area contributed by atoms with Crippen molar-refractivity contribution in [3.63, 3.8) is 0 Å². The minimum absolute atomic E-state index is 0.0955. The molecule has 4 rings (SSSR count). The number of furan rings is 1. The summed E-state index contributed by atoms with van der Waals surface area (Å²) in [5.41, 5.74) is 6.84. The molecule has 0 radical (unpaired) electrons. The maximum atomic E-state index is 12.3. The van der Waals surface area contributed by atoms with E-state index < -0.39 is 0 Å². The Labute approximate surface area is 177 Å². The number of thiophene rings is 1. The summed E-state index contributed by atoms with van der Waals surface area (Å²) < 4.78 is 5.56. The van der Waals surface area contributed by atoms with Crippen molar-refractivity contribution in [2.75, 3.05) is 38.5 Å². The first-order valence-corrected chi connectivity index (χ1v) is 10.8. The SMILES string of the molecule is CCNC(=O)c1cc2c(C(=NOCCN3CCCC3)c3ccco3)nc(N)nc2s1. The number of nitrogens with zero attached hydrogens (tertiary/aromatic N) is 4. The van der Waals surface area contributed by atoms with Gasteiger partial charge in [-0.2, -0.15) is 0 Å². The monoisotopic (exact) mass is 428 g/mol. The third-order valence-electron chi connectivity index (χ3n) is 4.80. The van der Waals surface area contributed by atoms with E-state index in [9.17, 15) is 4.79 Å². The van der Waals surface area contributed by atoms with E-state index in [0.717, 1.165) is 19.6 Å². The molecule has 0 atom stereocenters. The van der Waals surface area contributed by atoms with Gasteiger partial charge in [-0.1, -0.05) is 5.16 Å². The fourth-order valence-corrected chi connectivity index (χ4v) is 4.34. The van der Waals surface area contributed by atoms with Crippen LogP contribution in [0.25, 0.3) is 10.2 Å². The summed E-state index contributed by atoms with van der Waals surface area (Å²) in [5, 5.41) is 7.80. The Morgan fingerprint density at radius 1 is 1.40 bits per heavy atom. The number of anilines is 1. The van der Waals surface area contributed by atoms with Crippen molar-refractivity contribution in [3.8, 4) is 0 Å². The Morgan fingerprint density at radius 3 is 2.97 bits per heavy atom. The summed E-state index contributed by atoms with van der Waals surface area (Å²) >= 11 is 1.26. The highest BCUT2D eigenvalue weighted by molar-refractivity contribution is 7.20. The Bertz CT molecular complexity index is 1040. The molecule has 0 saturated carbocycles. The van der Waals surface area contributed by atoms with Gasteiger partial charge in [0.1, 0.15) is 17.1 Å². The Balaban J connectivity index is 1.67. The number of hydrogen-bond acceptors (Lipinski definition) is 9. The van der Waals surface area contributed by atoms with Gasteiger partial charge in [0.05, 0.1) is 11.1 Å². The van der Waals surface area contributed by atoms with Gasteiger partial charge in [-0.15, -0.1) is 11.3 Å². The number of amides is 1. The summed E-state index contributed by atoms with van der Waals surface area (Å²) in [7, 11) is 0. The van der Waals surface area contributed by atoms with Crippen LogP contribution in [0.4, 0.5) is 5.95 Å². The van der Waals surface area contributed by atoms with E-state index in [0.29, 0.717) is 45.4 Å². The van der Waals surface area contributed by atoms with Crippen LogP contribution in [0.1, 0.15) is 40.9 Å². The maximum Gasteiger partial charge on any atom is 0.261 e. The van der Waals surface area contributed by atoms with Gasteiger partial charge in [-0.25, -0.2) is 9.97 Å². The second-order valence-corrected chi connectivity index (χ2v) is 7.95. The average molecular weight is 429 g/mol. The highest BCUT2D eigenvalue weighted by Crippen LogP contribution is 2.28. The van der Waals surface area contributed by atoms with Crippen molar-refractivity contribution in [2.24, 2.45) is 5.16 Å². The molecule has 3 N–H and O–H groups in total. The van der Waals surface area contributed by atoms with Crippen LogP contribution in [0.3, 0.4) is 0 Å². The molecule has 0 aromatic carbocycles. The van der Waals surface area contributed by atoms with Gasteiger partial charge in [0.2, 0.25) is 5.95 Å². The molecule has 4 heterocycles. The smallest absolute Gasteiger partial charge is 0.261 e. The molecule has 1 amide bonds. The quantitative estimate of drug-likeness (QED) is 0.321. The van der Waals surface area contributed by atoms with Crippen LogP contribution < -0.4 is 11.1 Å². The van der Waals surface area contributed by atoms with Crippen LogP contribution in [0.15, 0.2) is 34.0 Å². The van der Waals surface area contributed by atoms with Gasteiger partial charge >= 0.3 is 0 Å². The van der Waals surface area contributed by atoms with E-state index in [1.54, 1.807) is 24.5 Å². The van der Waals surface area contributed by atoms with Crippen molar-refractivity contribution in [3.05, 3.63) is 40.8 Å². The Hall–Kier alpha value is -2.98. The van der Waals surface area contributed by atoms with Gasteiger partial charge in [-0.3, -0.25) is 9.69 Å². The van der Waals surface area contributed by atoms with Crippen molar-refractivity contribution in [1.82, 2.24) is 20.2 Å². The zero-order chi connectivity index (χ0) is 20.9. The lowest BCUT2D eigenvalue weighted by Gasteiger charge is -2.13. The molecule has 1 saturated heterocycles. The largest absolute Gasteiger partial charge is 0.463 e. The number of fused-ring (bicyclic) bond motifs is 1. The number of nitrogens with one attached hydrogen (secondary N) is 1. The van der Waals surface area contributed by atoms with E-state index in [2.05, 4.69) is 25.3 Å². The van der Waals surface area contributed by atoms with Crippen molar-refractivity contribution in [1.29, 1.82) is 0 Å². The van der Waals surface area contributed by atoms with Gasteiger partial charge < -0.3 is 20.3 Å². The van der Waals surface area contributed by atoms with E-state index in [-0.39, 0.29) is 11.9 Å². The minimum Gasteiger partial charge on any atom is -0.463 e. The lowest BCUT2D eigenvalue weighted by Crippen LogP contribution is -2.23. The van der Waals surface area contributed by atoms with Gasteiger partial charge in [0, 0.05) is 18.5 Å². The first-order valence-electron chi connectivity index (χ1n) is 9.97. The molecule has 0 unspecified atom stereocenters. The summed E-state index contributed by atoms with van der Waals surface area (Å²) in [6, 6.07) is 5.30. The maximum absolute atomic E-state index is 12.3. The number of nitrogens with two attached hydrogens (primary N) is 1. The normalized spacial score (nSPS) is 15.0. The third kappa shape index (κ3) is 4.44. The first-order chi connectivity index (χ1) is 14.7. The highest BCUT2D eigenvalue weighted by Gasteiger charge is 2.21. The van der Waals surface area contributed by atoms with Crippen LogP contribution in [0.2, 0.25) is 0 Å². The molecule has 9 nitrogen and oxygen atoms in total. The number of likely N-dealkylation sites (tertiary alicyclic amines) is 1. The summed E-state index contributed by atoms with van der Waals surface area (Å²) in [5.74, 6) is 0.433. The van der Waals surface area contributed by atoms with E-state index >= 15 is 0 Å². The molecule has 158 valence electrons. The molecular weight excluding hydrogens is 404 g/mol. The van der Waals surface area contributed by atoms with Gasteiger partial charge in [0.15, 0.2) is 11.5 Å². The molecule has 3 aromatic rings. The number of rotatable bonds is 8. The molecule has 0 bridgehead atoms. The fourth-order valence-electron chi connectivity index (χ4n) is 3.38. The molecule has 3 aromatic heterocycles. The second-order valence-electron chi connectivity index (χ2n) is 6.92. The van der Waals surface area contributed by atoms with E-state index in [1.165, 1.54) is 24.2 Å². The Morgan fingerprint density at radius 2 is 2.23 bits per heavy atom. The van der Waals surface area contributed by atoms with Crippen molar-refractivity contribution >= 4 is 39.1 Å². The predicted molar refractivity (Wildman–Crippen MR) is 116 cm³/mol. The Kier molecular flexibility index (Phi) is 6.24. The number of hydrogen-bond donors (Lipinski definition) is 2. The van der Waals surface area contributed by atoms with Crippen LogP contribution in [-0.4, -0.2) is 59.3 Å². The molecular formula is C20H24N6O3S. The second kappa shape index (κ2) is 9.23. The summed E-state index contributed by atoms with van der Waals surface area (Å²) in [6.07, 6.45) is 4.01. The molecule has 1 fully saturated rings. The molecule has 30 heavy (non-hydrogen) atoms. The van der Waals surface area contributed by atoms with Gasteiger partial charge in [0.25, 0.3) is 5.91 Å². The number of carbonyl (C=O) groups is 1. The highest BCUT2D eigenvalue weighted by atomic mass is 32.1. The fraction of sp³-hybridized carbons (Fsp3) is 0.400. The number of carbonyl (C=O) groups excluding carboxylic acids is 1. The number of nitrogen functional groups attached to an aromatic ring is 1. The third-order valence-corrected chi connectivity index (χ3v) is 5.83. The van der Waals surface area contributed by atoms with Crippen LogP contribution >= 0.6 is 11.3 Å². The van der Waals surface area contributed by atoms with Crippen LogP contribution in [0.5, 0.6) is 0 Å². The van der Waals surface area contributed by atoms with Crippen LogP contribution in [-0.2, 0) is 4.84 Å². The van der Waals surface area contributed by atoms with Crippen molar-refractivity contribution in [2.45, 2.75) is 19.8 Å². The van der Waals surface area contributed by atoms with Crippen LogP contribution in [0, 0.1) is 0 Å². The van der Waals surface area contributed by atoms with Crippen molar-refractivity contribution < 1.29 is 14.0 Å². The first kappa shape index (κ1) is 20.3. The zero-order valence-corrected chi connectivity index (χ0v) is 17.6. The van der Waals surface area contributed by atoms with E-state index in [1.807, 2.05) is 6.92 Å². The zero-order valence-electron chi connectivity index (χ0n) is 16.8. The topological polar surface area (TPSA) is 119 Å².